The number of pyridine rings is 1. The first-order chi connectivity index (χ1) is 6.70. The second kappa shape index (κ2) is 5.44. The Morgan fingerprint density at radius 3 is 2.93 bits per heavy atom. The smallest absolute Gasteiger partial charge is 0.0736 e. The van der Waals surface area contributed by atoms with E-state index in [1.807, 2.05) is 6.07 Å². The molecular formula is C10H18N4. The molecule has 4 nitrogen and oxygen atoms in total. The Balaban J connectivity index is 2.28. The average molecular weight is 194 g/mol. The second-order valence-electron chi connectivity index (χ2n) is 3.55. The molecule has 0 bridgehead atoms. The van der Waals surface area contributed by atoms with Crippen molar-refractivity contribution in [1.29, 1.82) is 0 Å². The number of rotatable bonds is 5. The summed E-state index contributed by atoms with van der Waals surface area (Å²) in [7, 11) is 4.14. The number of anilines is 2. The maximum absolute atomic E-state index is 5.73. The highest BCUT2D eigenvalue weighted by molar-refractivity contribution is 5.63. The number of hydrogen-bond donors (Lipinski definition) is 2. The van der Waals surface area contributed by atoms with Crippen molar-refractivity contribution in [2.24, 2.45) is 0 Å². The monoisotopic (exact) mass is 194 g/mol. The summed E-state index contributed by atoms with van der Waals surface area (Å²) in [5.74, 6) is 0. The Labute approximate surface area is 85.1 Å². The molecule has 3 N–H and O–H groups in total. The maximum atomic E-state index is 5.73. The number of nitrogens with one attached hydrogen (secondary N) is 1. The van der Waals surface area contributed by atoms with Gasteiger partial charge in [0.1, 0.15) is 0 Å². The molecule has 0 aliphatic heterocycles. The van der Waals surface area contributed by atoms with Crippen LogP contribution in [0.25, 0.3) is 0 Å². The maximum Gasteiger partial charge on any atom is 0.0736 e. The van der Waals surface area contributed by atoms with E-state index in [2.05, 4.69) is 29.3 Å². The van der Waals surface area contributed by atoms with Gasteiger partial charge < -0.3 is 16.0 Å². The quantitative estimate of drug-likeness (QED) is 0.687. The van der Waals surface area contributed by atoms with Crippen LogP contribution in [-0.2, 0) is 0 Å². The van der Waals surface area contributed by atoms with E-state index in [1.165, 1.54) is 0 Å². The van der Waals surface area contributed by atoms with E-state index in [0.717, 1.165) is 25.2 Å². The molecule has 78 valence electrons. The molecular weight excluding hydrogens is 176 g/mol. The molecule has 1 aromatic rings. The summed E-state index contributed by atoms with van der Waals surface area (Å²) in [5.41, 5.74) is 7.40. The molecule has 0 amide bonds. The predicted octanol–water partition coefficient (Wildman–Crippen LogP) is 1.03. The lowest BCUT2D eigenvalue weighted by atomic mass is 10.3. The van der Waals surface area contributed by atoms with Crippen LogP contribution in [0, 0.1) is 0 Å². The Morgan fingerprint density at radius 1 is 1.50 bits per heavy atom. The molecule has 1 rings (SSSR count). The molecule has 1 aromatic heterocycles. The number of nitrogens with zero attached hydrogens (tertiary/aromatic N) is 2. The molecule has 0 atom stereocenters. The minimum Gasteiger partial charge on any atom is -0.396 e. The molecule has 0 aliphatic carbocycles. The largest absolute Gasteiger partial charge is 0.396 e. The Kier molecular flexibility index (Phi) is 4.19. The van der Waals surface area contributed by atoms with Crippen LogP contribution in [0.1, 0.15) is 6.42 Å². The van der Waals surface area contributed by atoms with Crippen LogP contribution in [0.3, 0.4) is 0 Å². The first kappa shape index (κ1) is 10.8. The van der Waals surface area contributed by atoms with Crippen molar-refractivity contribution in [1.82, 2.24) is 9.88 Å². The van der Waals surface area contributed by atoms with Crippen LogP contribution in [0.4, 0.5) is 11.4 Å². The van der Waals surface area contributed by atoms with Crippen molar-refractivity contribution in [3.05, 3.63) is 18.5 Å². The van der Waals surface area contributed by atoms with Crippen molar-refractivity contribution in [3.8, 4) is 0 Å². The molecule has 0 saturated carbocycles. The molecule has 14 heavy (non-hydrogen) atoms. The van der Waals surface area contributed by atoms with Gasteiger partial charge in [-0.25, -0.2) is 0 Å². The third-order valence-electron chi connectivity index (χ3n) is 1.95. The minimum atomic E-state index is 0.706. The highest BCUT2D eigenvalue weighted by atomic mass is 15.1. The average Bonchev–Trinajstić information content (AvgIpc) is 2.15. The normalized spacial score (nSPS) is 10.5. The minimum absolute atomic E-state index is 0.706. The van der Waals surface area contributed by atoms with Crippen molar-refractivity contribution in [2.45, 2.75) is 6.42 Å². The third-order valence-corrected chi connectivity index (χ3v) is 1.95. The lowest BCUT2D eigenvalue weighted by molar-refractivity contribution is 0.405. The topological polar surface area (TPSA) is 54.2 Å². The molecule has 0 unspecified atom stereocenters. The standard InChI is InChI=1S/C10H18N4/c1-14(2)7-3-5-13-10-4-6-12-8-9(10)11/h4,6,8H,3,5,7,11H2,1-2H3,(H,12,13). The van der Waals surface area contributed by atoms with Gasteiger partial charge in [0.2, 0.25) is 0 Å². The zero-order valence-corrected chi connectivity index (χ0v) is 8.83. The summed E-state index contributed by atoms with van der Waals surface area (Å²) < 4.78 is 0. The summed E-state index contributed by atoms with van der Waals surface area (Å²) in [6.45, 7) is 2.02. The fraction of sp³-hybridized carbons (Fsp3) is 0.500. The lowest BCUT2D eigenvalue weighted by Gasteiger charge is -2.11. The van der Waals surface area contributed by atoms with E-state index in [9.17, 15) is 0 Å². The summed E-state index contributed by atoms with van der Waals surface area (Å²) >= 11 is 0. The van der Waals surface area contributed by atoms with Gasteiger partial charge in [-0.3, -0.25) is 4.98 Å². The highest BCUT2D eigenvalue weighted by Gasteiger charge is 1.96. The highest BCUT2D eigenvalue weighted by Crippen LogP contribution is 2.14. The van der Waals surface area contributed by atoms with E-state index < -0.39 is 0 Å². The van der Waals surface area contributed by atoms with Crippen LogP contribution >= 0.6 is 0 Å². The van der Waals surface area contributed by atoms with Gasteiger partial charge in [0.15, 0.2) is 0 Å². The fourth-order valence-corrected chi connectivity index (χ4v) is 1.19. The van der Waals surface area contributed by atoms with Gasteiger partial charge in [-0.05, 0) is 33.1 Å². The molecule has 0 aromatic carbocycles. The van der Waals surface area contributed by atoms with Gasteiger partial charge in [0.25, 0.3) is 0 Å². The van der Waals surface area contributed by atoms with E-state index >= 15 is 0 Å². The number of nitrogens with two attached hydrogens (primary N) is 1. The van der Waals surface area contributed by atoms with Crippen LogP contribution in [-0.4, -0.2) is 37.1 Å². The summed E-state index contributed by atoms with van der Waals surface area (Å²) in [5, 5.41) is 3.28. The van der Waals surface area contributed by atoms with E-state index in [0.29, 0.717) is 5.69 Å². The van der Waals surface area contributed by atoms with Crippen LogP contribution in [0.15, 0.2) is 18.5 Å². The zero-order chi connectivity index (χ0) is 10.4. The molecule has 0 aliphatic rings. The molecule has 4 heteroatoms. The van der Waals surface area contributed by atoms with Crippen LogP contribution in [0.5, 0.6) is 0 Å². The van der Waals surface area contributed by atoms with Gasteiger partial charge in [-0.2, -0.15) is 0 Å². The van der Waals surface area contributed by atoms with E-state index in [4.69, 9.17) is 5.73 Å². The number of hydrogen-bond acceptors (Lipinski definition) is 4. The molecule has 0 radical (unpaired) electrons. The first-order valence-corrected chi connectivity index (χ1v) is 4.78. The lowest BCUT2D eigenvalue weighted by Crippen LogP contribution is -2.16. The molecule has 1 heterocycles. The third kappa shape index (κ3) is 3.62. The van der Waals surface area contributed by atoms with Gasteiger partial charge in [0.05, 0.1) is 17.6 Å². The summed E-state index contributed by atoms with van der Waals surface area (Å²) in [6, 6.07) is 1.89. The van der Waals surface area contributed by atoms with Crippen molar-refractivity contribution in [3.63, 3.8) is 0 Å². The Hall–Kier alpha value is -1.29. The van der Waals surface area contributed by atoms with Gasteiger partial charge in [0, 0.05) is 12.7 Å². The molecule has 0 saturated heterocycles. The van der Waals surface area contributed by atoms with Gasteiger partial charge in [-0.15, -0.1) is 0 Å². The molecule has 0 fully saturated rings. The number of aromatic nitrogens is 1. The summed E-state index contributed by atoms with van der Waals surface area (Å²) in [6.07, 6.45) is 4.51. The summed E-state index contributed by atoms with van der Waals surface area (Å²) in [4.78, 5) is 6.09. The van der Waals surface area contributed by atoms with Crippen LogP contribution in [0.2, 0.25) is 0 Å². The van der Waals surface area contributed by atoms with E-state index in [1.54, 1.807) is 12.4 Å². The Bertz CT molecular complexity index is 273. The van der Waals surface area contributed by atoms with Crippen molar-refractivity contribution in [2.75, 3.05) is 38.2 Å². The number of nitrogen functional groups attached to an aromatic ring is 1. The van der Waals surface area contributed by atoms with E-state index in [-0.39, 0.29) is 0 Å². The first-order valence-electron chi connectivity index (χ1n) is 4.78. The van der Waals surface area contributed by atoms with Gasteiger partial charge >= 0.3 is 0 Å². The fourth-order valence-electron chi connectivity index (χ4n) is 1.19. The molecule has 0 spiro atoms. The van der Waals surface area contributed by atoms with Crippen molar-refractivity contribution >= 4 is 11.4 Å². The second-order valence-corrected chi connectivity index (χ2v) is 3.55. The van der Waals surface area contributed by atoms with Gasteiger partial charge in [-0.1, -0.05) is 0 Å². The predicted molar refractivity (Wildman–Crippen MR) is 60.3 cm³/mol. The Morgan fingerprint density at radius 2 is 2.29 bits per heavy atom. The van der Waals surface area contributed by atoms with Crippen molar-refractivity contribution < 1.29 is 0 Å². The SMILES string of the molecule is CN(C)CCCNc1ccncc1N. The zero-order valence-electron chi connectivity index (χ0n) is 8.83. The van der Waals surface area contributed by atoms with Crippen LogP contribution < -0.4 is 11.1 Å².